The Kier molecular flexibility index (Phi) is 5.12. The molecule has 1 aromatic heterocycles. The number of hydrogen-bond acceptors (Lipinski definition) is 4. The Bertz CT molecular complexity index is 619. The molecule has 1 amide bonds. The fraction of sp³-hybridized carbons (Fsp3) is 0.588. The molecule has 1 aliphatic rings. The molecule has 0 bridgehead atoms. The monoisotopic (exact) mass is 317 g/mol. The molecule has 2 rings (SSSR count). The van der Waals surface area contributed by atoms with Crippen molar-refractivity contribution in [1.29, 1.82) is 5.26 Å². The molecule has 5 heteroatoms. The lowest BCUT2D eigenvalue weighted by molar-refractivity contribution is -0.115. The van der Waals surface area contributed by atoms with Gasteiger partial charge in [0.25, 0.3) is 0 Å². The molecule has 1 aliphatic carbocycles. The van der Waals surface area contributed by atoms with Crippen molar-refractivity contribution in [2.75, 3.05) is 5.75 Å². The van der Waals surface area contributed by atoms with Crippen molar-refractivity contribution < 1.29 is 4.79 Å². The molecular formula is C17H23N3OS. The minimum Gasteiger partial charge on any atom is -0.369 e. The Hall–Kier alpha value is -1.54. The predicted octanol–water partition coefficient (Wildman–Crippen LogP) is 3.07. The second-order valence-corrected chi connectivity index (χ2v) is 7.56. The van der Waals surface area contributed by atoms with E-state index in [-0.39, 0.29) is 5.75 Å². The quantitative estimate of drug-likeness (QED) is 0.846. The molecule has 0 radical (unpaired) electrons. The lowest BCUT2D eigenvalue weighted by Gasteiger charge is -2.37. The standard InChI is InChI=1S/C17H23N3OS/c1-4-17(2,3)13-5-6-14-11(8-13)7-12(9-18)16(20-14)22-10-15(19)21/h7,13H,4-6,8,10H2,1-3H3,(H2,19,21). The number of aromatic nitrogens is 1. The highest BCUT2D eigenvalue weighted by atomic mass is 32.2. The third kappa shape index (κ3) is 3.61. The summed E-state index contributed by atoms with van der Waals surface area (Å²) in [7, 11) is 0. The van der Waals surface area contributed by atoms with Gasteiger partial charge in [0.15, 0.2) is 0 Å². The van der Waals surface area contributed by atoms with Gasteiger partial charge in [-0.2, -0.15) is 5.26 Å². The minimum atomic E-state index is -0.391. The van der Waals surface area contributed by atoms with Gasteiger partial charge in [0.1, 0.15) is 11.1 Å². The van der Waals surface area contributed by atoms with Crippen LogP contribution in [0.5, 0.6) is 0 Å². The van der Waals surface area contributed by atoms with Gasteiger partial charge in [-0.15, -0.1) is 0 Å². The van der Waals surface area contributed by atoms with E-state index >= 15 is 0 Å². The van der Waals surface area contributed by atoms with E-state index in [1.807, 2.05) is 6.07 Å². The highest BCUT2D eigenvalue weighted by Gasteiger charge is 2.32. The Morgan fingerprint density at radius 3 is 2.91 bits per heavy atom. The molecule has 0 saturated heterocycles. The molecule has 1 atom stereocenters. The topological polar surface area (TPSA) is 79.8 Å². The molecule has 0 aliphatic heterocycles. The largest absolute Gasteiger partial charge is 0.369 e. The smallest absolute Gasteiger partial charge is 0.227 e. The van der Waals surface area contributed by atoms with E-state index in [1.54, 1.807) is 0 Å². The normalized spacial score (nSPS) is 17.6. The van der Waals surface area contributed by atoms with Gasteiger partial charge >= 0.3 is 0 Å². The molecule has 0 spiro atoms. The van der Waals surface area contributed by atoms with Crippen LogP contribution in [-0.4, -0.2) is 16.6 Å². The van der Waals surface area contributed by atoms with E-state index in [1.165, 1.54) is 17.3 Å². The fourth-order valence-corrected chi connectivity index (χ4v) is 3.64. The van der Waals surface area contributed by atoms with Crippen molar-refractivity contribution in [1.82, 2.24) is 4.98 Å². The molecule has 1 aromatic rings. The number of thioether (sulfide) groups is 1. The summed E-state index contributed by atoms with van der Waals surface area (Å²) in [6, 6.07) is 4.16. The fourth-order valence-electron chi connectivity index (χ4n) is 2.93. The molecule has 118 valence electrons. The number of fused-ring (bicyclic) bond motifs is 1. The van der Waals surface area contributed by atoms with Gasteiger partial charge in [-0.1, -0.05) is 39.0 Å². The summed E-state index contributed by atoms with van der Waals surface area (Å²) in [4.78, 5) is 15.6. The van der Waals surface area contributed by atoms with Gasteiger partial charge in [0.05, 0.1) is 11.3 Å². The molecule has 0 fully saturated rings. The first-order valence-corrected chi connectivity index (χ1v) is 8.70. The first kappa shape index (κ1) is 16.8. The Morgan fingerprint density at radius 1 is 1.59 bits per heavy atom. The van der Waals surface area contributed by atoms with Crippen LogP contribution in [0.2, 0.25) is 0 Å². The Balaban J connectivity index is 2.27. The van der Waals surface area contributed by atoms with Crippen LogP contribution in [0.1, 0.15) is 50.4 Å². The third-order valence-corrected chi connectivity index (χ3v) is 5.85. The molecule has 1 unspecified atom stereocenters. The number of aryl methyl sites for hydroxylation is 1. The average Bonchev–Trinajstić information content (AvgIpc) is 2.51. The Labute approximate surface area is 136 Å². The van der Waals surface area contributed by atoms with Crippen LogP contribution >= 0.6 is 11.8 Å². The number of hydrogen-bond donors (Lipinski definition) is 1. The highest BCUT2D eigenvalue weighted by molar-refractivity contribution is 7.99. The van der Waals surface area contributed by atoms with Crippen LogP contribution in [0.4, 0.5) is 0 Å². The van der Waals surface area contributed by atoms with E-state index in [2.05, 4.69) is 31.8 Å². The van der Waals surface area contributed by atoms with Crippen LogP contribution in [0.3, 0.4) is 0 Å². The lowest BCUT2D eigenvalue weighted by atomic mass is 9.69. The van der Waals surface area contributed by atoms with Crippen LogP contribution < -0.4 is 5.73 Å². The zero-order chi connectivity index (χ0) is 16.3. The van der Waals surface area contributed by atoms with Crippen LogP contribution in [0.25, 0.3) is 0 Å². The van der Waals surface area contributed by atoms with E-state index in [4.69, 9.17) is 5.73 Å². The van der Waals surface area contributed by atoms with E-state index in [9.17, 15) is 10.1 Å². The van der Waals surface area contributed by atoms with Gasteiger partial charge < -0.3 is 5.73 Å². The van der Waals surface area contributed by atoms with Gasteiger partial charge in [0, 0.05) is 5.69 Å². The summed E-state index contributed by atoms with van der Waals surface area (Å²) in [5, 5.41) is 9.97. The maximum Gasteiger partial charge on any atom is 0.227 e. The third-order valence-electron chi connectivity index (χ3n) is 4.84. The summed E-state index contributed by atoms with van der Waals surface area (Å²) >= 11 is 1.26. The number of nitrogens with zero attached hydrogens (tertiary/aromatic N) is 2. The highest BCUT2D eigenvalue weighted by Crippen LogP contribution is 2.40. The van der Waals surface area contributed by atoms with Crippen molar-refractivity contribution in [2.24, 2.45) is 17.1 Å². The average molecular weight is 317 g/mol. The van der Waals surface area contributed by atoms with Gasteiger partial charge in [0.2, 0.25) is 5.91 Å². The summed E-state index contributed by atoms with van der Waals surface area (Å²) in [5.74, 6) is 0.395. The van der Waals surface area contributed by atoms with Crippen molar-refractivity contribution >= 4 is 17.7 Å². The maximum atomic E-state index is 10.9. The number of rotatable bonds is 5. The number of primary amides is 1. The second-order valence-electron chi connectivity index (χ2n) is 6.60. The molecular weight excluding hydrogens is 294 g/mol. The maximum absolute atomic E-state index is 10.9. The molecule has 22 heavy (non-hydrogen) atoms. The van der Waals surface area contributed by atoms with Crippen LogP contribution in [0, 0.1) is 22.7 Å². The molecule has 2 N–H and O–H groups in total. The van der Waals surface area contributed by atoms with Crippen LogP contribution in [-0.2, 0) is 17.6 Å². The van der Waals surface area contributed by atoms with Gasteiger partial charge in [-0.05, 0) is 42.2 Å². The van der Waals surface area contributed by atoms with Crippen molar-refractivity contribution in [3.8, 4) is 6.07 Å². The van der Waals surface area contributed by atoms with E-state index < -0.39 is 5.91 Å². The summed E-state index contributed by atoms with van der Waals surface area (Å²) < 4.78 is 0. The van der Waals surface area contributed by atoms with Crippen molar-refractivity contribution in [3.05, 3.63) is 22.9 Å². The number of pyridine rings is 1. The number of carbonyl (C=O) groups is 1. The first-order chi connectivity index (χ1) is 10.4. The van der Waals surface area contributed by atoms with Gasteiger partial charge in [-0.25, -0.2) is 4.98 Å². The first-order valence-electron chi connectivity index (χ1n) is 7.71. The number of nitriles is 1. The number of amides is 1. The summed E-state index contributed by atoms with van der Waals surface area (Å²) in [6.45, 7) is 6.87. The minimum absolute atomic E-state index is 0.159. The summed E-state index contributed by atoms with van der Waals surface area (Å²) in [5.41, 5.74) is 8.32. The lowest BCUT2D eigenvalue weighted by Crippen LogP contribution is -2.29. The number of carbonyl (C=O) groups excluding carboxylic acids is 1. The SMILES string of the molecule is CCC(C)(C)C1CCc2nc(SCC(N)=O)c(C#N)cc2C1. The second kappa shape index (κ2) is 6.70. The summed E-state index contributed by atoms with van der Waals surface area (Å²) in [6.07, 6.45) is 4.21. The van der Waals surface area contributed by atoms with E-state index in [0.717, 1.165) is 31.4 Å². The molecule has 4 nitrogen and oxygen atoms in total. The molecule has 0 aromatic carbocycles. The van der Waals surface area contributed by atoms with Crippen molar-refractivity contribution in [3.63, 3.8) is 0 Å². The number of nitrogens with two attached hydrogens (primary N) is 1. The molecule has 0 saturated carbocycles. The Morgan fingerprint density at radius 2 is 2.32 bits per heavy atom. The zero-order valence-corrected chi connectivity index (χ0v) is 14.3. The zero-order valence-electron chi connectivity index (χ0n) is 13.5. The van der Waals surface area contributed by atoms with Crippen molar-refractivity contribution in [2.45, 2.75) is 51.5 Å². The predicted molar refractivity (Wildman–Crippen MR) is 88.5 cm³/mol. The van der Waals surface area contributed by atoms with Gasteiger partial charge in [-0.3, -0.25) is 4.79 Å². The van der Waals surface area contributed by atoms with E-state index in [0.29, 0.717) is 21.9 Å². The van der Waals surface area contributed by atoms with Crippen LogP contribution in [0.15, 0.2) is 11.1 Å². The molecule has 1 heterocycles.